The topological polar surface area (TPSA) is 117 Å². The lowest BCUT2D eigenvalue weighted by molar-refractivity contribution is -0.142. The highest BCUT2D eigenvalue weighted by Gasteiger charge is 2.30. The molecule has 4 rings (SSSR count). The molecular weight excluding hydrogens is 474 g/mol. The van der Waals surface area contributed by atoms with Crippen molar-refractivity contribution in [3.05, 3.63) is 82.7 Å². The number of ether oxygens (including phenoxy) is 1. The Morgan fingerprint density at radius 2 is 1.91 bits per heavy atom. The van der Waals surface area contributed by atoms with E-state index in [1.807, 2.05) is 24.3 Å². The molecule has 1 aromatic heterocycles. The van der Waals surface area contributed by atoms with E-state index in [0.29, 0.717) is 34.8 Å². The van der Waals surface area contributed by atoms with Gasteiger partial charge in [-0.15, -0.1) is 11.3 Å². The highest BCUT2D eigenvalue weighted by molar-refractivity contribution is 7.92. The van der Waals surface area contributed by atoms with Crippen LogP contribution in [-0.2, 0) is 30.8 Å². The van der Waals surface area contributed by atoms with Crippen LogP contribution >= 0.6 is 11.3 Å². The van der Waals surface area contributed by atoms with E-state index in [1.165, 1.54) is 33.9 Å². The molecule has 0 radical (unpaired) electrons. The van der Waals surface area contributed by atoms with Crippen LogP contribution in [0.2, 0.25) is 0 Å². The Morgan fingerprint density at radius 3 is 2.68 bits per heavy atom. The summed E-state index contributed by atoms with van der Waals surface area (Å²) >= 11 is 1.20. The standard InChI is InChI=1S/C24H19N3O5S2/c25-15-19-12-14-33-24(19)26-22(28)16-32-23(29)10-7-17-5-8-20(9-6-17)34(30,31)27-13-11-18-3-1-2-4-21(18)27/h1-10,12,14H,11,13,16H2,(H,26,28). The fourth-order valence-corrected chi connectivity index (χ4v) is 5.70. The SMILES string of the molecule is N#Cc1ccsc1NC(=O)COC(=O)C=Cc1ccc(S(=O)(=O)N2CCc3ccccc32)cc1. The predicted molar refractivity (Wildman–Crippen MR) is 129 cm³/mol. The lowest BCUT2D eigenvalue weighted by atomic mass is 10.2. The van der Waals surface area contributed by atoms with Crippen LogP contribution in [0.4, 0.5) is 10.7 Å². The summed E-state index contributed by atoms with van der Waals surface area (Å²) < 4.78 is 32.4. The van der Waals surface area contributed by atoms with Crippen molar-refractivity contribution >= 4 is 50.0 Å². The van der Waals surface area contributed by atoms with Gasteiger partial charge in [-0.25, -0.2) is 13.2 Å². The van der Waals surface area contributed by atoms with Crippen LogP contribution in [-0.4, -0.2) is 33.4 Å². The summed E-state index contributed by atoms with van der Waals surface area (Å²) in [5.74, 6) is -1.29. The molecule has 2 aromatic carbocycles. The number of nitriles is 1. The number of amides is 1. The van der Waals surface area contributed by atoms with E-state index < -0.39 is 28.5 Å². The highest BCUT2D eigenvalue weighted by Crippen LogP contribution is 2.32. The second-order valence-electron chi connectivity index (χ2n) is 7.29. The summed E-state index contributed by atoms with van der Waals surface area (Å²) in [4.78, 5) is 24.0. The average Bonchev–Trinajstić information content (AvgIpc) is 3.48. The molecule has 0 fully saturated rings. The van der Waals surface area contributed by atoms with Crippen molar-refractivity contribution in [1.29, 1.82) is 5.26 Å². The van der Waals surface area contributed by atoms with Crippen LogP contribution in [0.5, 0.6) is 0 Å². The normalized spacial score (nSPS) is 12.9. The lowest BCUT2D eigenvalue weighted by Crippen LogP contribution is -2.29. The Bertz CT molecular complexity index is 1400. The van der Waals surface area contributed by atoms with Gasteiger partial charge in [-0.1, -0.05) is 30.3 Å². The second-order valence-corrected chi connectivity index (χ2v) is 10.1. The summed E-state index contributed by atoms with van der Waals surface area (Å²) in [6.07, 6.45) is 3.29. The van der Waals surface area contributed by atoms with Crippen LogP contribution in [0.15, 0.2) is 70.9 Å². The molecule has 172 valence electrons. The summed E-state index contributed by atoms with van der Waals surface area (Å²) in [6, 6.07) is 17.1. The number of anilines is 2. The average molecular weight is 494 g/mol. The van der Waals surface area contributed by atoms with E-state index in [1.54, 1.807) is 29.6 Å². The molecule has 3 aromatic rings. The van der Waals surface area contributed by atoms with E-state index in [0.717, 1.165) is 11.6 Å². The van der Waals surface area contributed by atoms with Gasteiger partial charge in [0.1, 0.15) is 11.1 Å². The first-order valence-electron chi connectivity index (χ1n) is 10.2. The van der Waals surface area contributed by atoms with Gasteiger partial charge in [-0.2, -0.15) is 5.26 Å². The van der Waals surface area contributed by atoms with Crippen LogP contribution in [0.3, 0.4) is 0 Å². The van der Waals surface area contributed by atoms with Crippen molar-refractivity contribution in [3.8, 4) is 6.07 Å². The first kappa shape index (κ1) is 23.2. The number of benzene rings is 2. The van der Waals surface area contributed by atoms with Gasteiger partial charge in [0, 0.05) is 12.6 Å². The van der Waals surface area contributed by atoms with Gasteiger partial charge in [0.15, 0.2) is 6.61 Å². The zero-order valence-corrected chi connectivity index (χ0v) is 19.4. The molecule has 1 aliphatic rings. The number of hydrogen-bond donors (Lipinski definition) is 1. The number of nitrogens with zero attached hydrogens (tertiary/aromatic N) is 2. The second kappa shape index (κ2) is 9.91. The zero-order valence-electron chi connectivity index (χ0n) is 17.8. The Kier molecular flexibility index (Phi) is 6.77. The van der Waals surface area contributed by atoms with Gasteiger partial charge in [-0.3, -0.25) is 9.10 Å². The molecule has 8 nitrogen and oxygen atoms in total. The fourth-order valence-electron chi connectivity index (χ4n) is 3.44. The van der Waals surface area contributed by atoms with Crippen molar-refractivity contribution in [3.63, 3.8) is 0 Å². The molecule has 1 amide bonds. The number of thiophene rings is 1. The third kappa shape index (κ3) is 5.01. The minimum absolute atomic E-state index is 0.158. The maximum Gasteiger partial charge on any atom is 0.331 e. The maximum atomic E-state index is 13.1. The smallest absolute Gasteiger partial charge is 0.331 e. The summed E-state index contributed by atoms with van der Waals surface area (Å²) in [6.45, 7) is -0.104. The molecule has 34 heavy (non-hydrogen) atoms. The molecule has 1 aliphatic heterocycles. The van der Waals surface area contributed by atoms with Crippen LogP contribution < -0.4 is 9.62 Å². The maximum absolute atomic E-state index is 13.1. The fraction of sp³-hybridized carbons (Fsp3) is 0.125. The Balaban J connectivity index is 1.33. The quantitative estimate of drug-likeness (QED) is 0.397. The number of hydrogen-bond acceptors (Lipinski definition) is 7. The Hall–Kier alpha value is -3.94. The molecule has 2 heterocycles. The van der Waals surface area contributed by atoms with E-state index in [-0.39, 0.29) is 4.90 Å². The molecule has 0 spiro atoms. The van der Waals surface area contributed by atoms with E-state index in [9.17, 15) is 18.0 Å². The number of rotatable bonds is 7. The highest BCUT2D eigenvalue weighted by atomic mass is 32.2. The van der Waals surface area contributed by atoms with Crippen molar-refractivity contribution in [2.45, 2.75) is 11.3 Å². The molecule has 0 atom stereocenters. The van der Waals surface area contributed by atoms with Gasteiger partial charge in [0.05, 0.1) is 16.1 Å². The molecule has 0 saturated heterocycles. The van der Waals surface area contributed by atoms with E-state index >= 15 is 0 Å². The molecule has 0 aliphatic carbocycles. The third-order valence-electron chi connectivity index (χ3n) is 5.11. The number of esters is 1. The Morgan fingerprint density at radius 1 is 1.15 bits per heavy atom. The van der Waals surface area contributed by atoms with Gasteiger partial charge in [-0.05, 0) is 53.3 Å². The number of fused-ring (bicyclic) bond motifs is 1. The number of sulfonamides is 1. The first-order valence-corrected chi connectivity index (χ1v) is 12.5. The first-order chi connectivity index (χ1) is 16.4. The van der Waals surface area contributed by atoms with Crippen molar-refractivity contribution in [2.75, 3.05) is 22.8 Å². The summed E-state index contributed by atoms with van der Waals surface area (Å²) in [5.41, 5.74) is 2.63. The predicted octanol–water partition coefficient (Wildman–Crippen LogP) is 3.57. The molecule has 1 N–H and O–H groups in total. The van der Waals surface area contributed by atoms with Gasteiger partial charge in [0.2, 0.25) is 0 Å². The van der Waals surface area contributed by atoms with Crippen LogP contribution in [0.25, 0.3) is 6.08 Å². The number of carbonyl (C=O) groups is 2. The van der Waals surface area contributed by atoms with Crippen molar-refractivity contribution < 1.29 is 22.7 Å². The molecular formula is C24H19N3O5S2. The van der Waals surface area contributed by atoms with Crippen molar-refractivity contribution in [2.24, 2.45) is 0 Å². The van der Waals surface area contributed by atoms with E-state index in [4.69, 9.17) is 10.00 Å². The summed E-state index contributed by atoms with van der Waals surface area (Å²) in [7, 11) is -3.69. The van der Waals surface area contributed by atoms with Crippen LogP contribution in [0, 0.1) is 11.3 Å². The summed E-state index contributed by atoms with van der Waals surface area (Å²) in [5, 5.41) is 13.5. The Labute approximate surface area is 200 Å². The monoisotopic (exact) mass is 493 g/mol. The number of para-hydroxylation sites is 1. The lowest BCUT2D eigenvalue weighted by Gasteiger charge is -2.19. The minimum Gasteiger partial charge on any atom is -0.452 e. The van der Waals surface area contributed by atoms with E-state index in [2.05, 4.69) is 5.32 Å². The molecule has 0 saturated carbocycles. The largest absolute Gasteiger partial charge is 0.452 e. The molecule has 10 heteroatoms. The third-order valence-corrected chi connectivity index (χ3v) is 7.77. The molecule has 0 bridgehead atoms. The number of carbonyl (C=O) groups excluding carboxylic acids is 2. The van der Waals surface area contributed by atoms with Crippen LogP contribution in [0.1, 0.15) is 16.7 Å². The molecule has 0 unspecified atom stereocenters. The minimum atomic E-state index is -3.69. The van der Waals surface area contributed by atoms with Gasteiger partial charge >= 0.3 is 5.97 Å². The zero-order chi connectivity index (χ0) is 24.1. The number of nitrogens with one attached hydrogen (secondary N) is 1. The van der Waals surface area contributed by atoms with Gasteiger partial charge < -0.3 is 10.1 Å². The van der Waals surface area contributed by atoms with Gasteiger partial charge in [0.25, 0.3) is 15.9 Å². The van der Waals surface area contributed by atoms with Crippen molar-refractivity contribution in [1.82, 2.24) is 0 Å².